The van der Waals surface area contributed by atoms with Crippen LogP contribution in [0, 0.1) is 0 Å². The first kappa shape index (κ1) is 21.3. The molecule has 0 saturated carbocycles. The van der Waals surface area contributed by atoms with Crippen LogP contribution in [-0.4, -0.2) is 37.0 Å². The predicted octanol–water partition coefficient (Wildman–Crippen LogP) is 4.69. The summed E-state index contributed by atoms with van der Waals surface area (Å²) in [5.74, 6) is 0.918. The Bertz CT molecular complexity index is 1340. The summed E-state index contributed by atoms with van der Waals surface area (Å²) in [6.45, 7) is 7.70. The third-order valence-electron chi connectivity index (χ3n) is 5.41. The molecule has 160 valence electrons. The van der Waals surface area contributed by atoms with E-state index in [0.717, 1.165) is 58.9 Å². The molecule has 0 aliphatic carbocycles. The Morgan fingerprint density at radius 3 is 2.71 bits per heavy atom. The highest BCUT2D eigenvalue weighted by Crippen LogP contribution is 2.31. The topological polar surface area (TPSA) is 70.7 Å². The predicted molar refractivity (Wildman–Crippen MR) is 131 cm³/mol. The molecule has 5 rings (SSSR count). The first-order valence-corrected chi connectivity index (χ1v) is 11.0. The van der Waals surface area contributed by atoms with Crippen LogP contribution in [-0.2, 0) is 0 Å². The maximum atomic E-state index is 12.8. The summed E-state index contributed by atoms with van der Waals surface area (Å²) in [4.78, 5) is 24.1. The molecule has 31 heavy (non-hydrogen) atoms. The van der Waals surface area contributed by atoms with Crippen LogP contribution in [0.25, 0.3) is 31.8 Å². The number of halogens is 1. The molecule has 0 fully saturated rings. The minimum Gasteiger partial charge on any atom is -0.422 e. The van der Waals surface area contributed by atoms with E-state index in [1.165, 1.54) is 11.3 Å². The van der Waals surface area contributed by atoms with Crippen LogP contribution >= 0.6 is 23.7 Å². The van der Waals surface area contributed by atoms with Gasteiger partial charge in [-0.15, -0.1) is 23.7 Å². The molecule has 1 aliphatic heterocycles. The van der Waals surface area contributed by atoms with E-state index in [1.807, 2.05) is 30.3 Å². The Balaban J connectivity index is 0.00000231. The number of fused-ring (bicyclic) bond motifs is 2. The molecule has 3 heterocycles. The minimum absolute atomic E-state index is 0. The summed E-state index contributed by atoms with van der Waals surface area (Å²) in [7, 11) is 0. The molecule has 0 unspecified atom stereocenters. The second kappa shape index (κ2) is 8.69. The second-order valence-corrected chi connectivity index (χ2v) is 8.23. The van der Waals surface area contributed by atoms with Gasteiger partial charge in [0.25, 0.3) is 0 Å². The van der Waals surface area contributed by atoms with Crippen molar-refractivity contribution in [1.82, 2.24) is 10.3 Å². The summed E-state index contributed by atoms with van der Waals surface area (Å²) in [6, 6.07) is 14.0. The van der Waals surface area contributed by atoms with Crippen LogP contribution in [0.15, 0.2) is 56.7 Å². The van der Waals surface area contributed by atoms with Crippen LogP contribution in [0.4, 0.5) is 5.69 Å². The van der Waals surface area contributed by atoms with Gasteiger partial charge in [-0.05, 0) is 50.2 Å². The smallest absolute Gasteiger partial charge is 0.346 e. The van der Waals surface area contributed by atoms with E-state index in [0.29, 0.717) is 16.2 Å². The largest absolute Gasteiger partial charge is 0.422 e. The molecular weight excluding hydrogens is 432 g/mol. The highest BCUT2D eigenvalue weighted by Gasteiger charge is 2.15. The van der Waals surface area contributed by atoms with Gasteiger partial charge in [-0.1, -0.05) is 0 Å². The molecule has 2 aromatic carbocycles. The molecule has 0 amide bonds. The van der Waals surface area contributed by atoms with Crippen molar-refractivity contribution < 1.29 is 4.42 Å². The molecule has 0 radical (unpaired) electrons. The lowest BCUT2D eigenvalue weighted by Crippen LogP contribution is -2.21. The maximum absolute atomic E-state index is 12.8. The zero-order chi connectivity index (χ0) is 20.7. The molecule has 0 spiro atoms. The Labute approximate surface area is 190 Å². The molecule has 8 heteroatoms. The summed E-state index contributed by atoms with van der Waals surface area (Å²) in [6.07, 6.45) is 0. The number of aliphatic imine (C=N–C) groups is 1. The van der Waals surface area contributed by atoms with Crippen molar-refractivity contribution in [3.8, 4) is 10.6 Å². The van der Waals surface area contributed by atoms with Crippen molar-refractivity contribution in [3.05, 3.63) is 58.4 Å². The van der Waals surface area contributed by atoms with Crippen molar-refractivity contribution in [1.29, 1.82) is 0 Å². The quantitative estimate of drug-likeness (QED) is 0.443. The van der Waals surface area contributed by atoms with Crippen LogP contribution in [0.5, 0.6) is 0 Å². The lowest BCUT2D eigenvalue weighted by atomic mass is 10.1. The fourth-order valence-corrected chi connectivity index (χ4v) is 4.82. The number of anilines is 1. The Morgan fingerprint density at radius 1 is 1.13 bits per heavy atom. The van der Waals surface area contributed by atoms with Crippen molar-refractivity contribution >= 4 is 56.5 Å². The number of nitrogens with zero attached hydrogens (tertiary/aromatic N) is 3. The number of aromatic nitrogens is 1. The zero-order valence-corrected chi connectivity index (χ0v) is 19.0. The first-order chi connectivity index (χ1) is 14.7. The van der Waals surface area contributed by atoms with Gasteiger partial charge in [0.15, 0.2) is 0 Å². The number of hydrogen-bond donors (Lipinski definition) is 1. The Hall–Kier alpha value is -2.90. The van der Waals surface area contributed by atoms with E-state index in [2.05, 4.69) is 46.2 Å². The van der Waals surface area contributed by atoms with E-state index in [9.17, 15) is 4.79 Å². The normalized spacial score (nSPS) is 13.2. The van der Waals surface area contributed by atoms with E-state index in [4.69, 9.17) is 4.42 Å². The standard InChI is InChI=1S/C23H22N4O2S.ClH/c1-3-27(4-2)16-7-5-14-11-17(23(28)29-19(14)13-16)22-26-18-8-6-15(12-20(18)30-22)21-24-9-10-25-21;/h5-8,11-13H,3-4,9-10H2,1-2H3,(H,24,25);1H. The second-order valence-electron chi connectivity index (χ2n) is 7.20. The molecule has 6 nitrogen and oxygen atoms in total. The SMILES string of the molecule is CCN(CC)c1ccc2cc(-c3nc4ccc(C5=NCCN5)cc4s3)c(=O)oc2c1.Cl. The molecule has 1 N–H and O–H groups in total. The number of amidine groups is 1. The number of nitrogens with one attached hydrogen (secondary N) is 1. The molecule has 0 atom stereocenters. The van der Waals surface area contributed by atoms with Crippen molar-refractivity contribution in [2.45, 2.75) is 13.8 Å². The number of benzene rings is 2. The van der Waals surface area contributed by atoms with Crippen LogP contribution < -0.4 is 15.8 Å². The summed E-state index contributed by atoms with van der Waals surface area (Å²) in [5.41, 5.74) is 3.71. The minimum atomic E-state index is -0.361. The average molecular weight is 455 g/mol. The number of thiazole rings is 1. The summed E-state index contributed by atoms with van der Waals surface area (Å²) in [5, 5.41) is 4.86. The molecular formula is C23H23ClN4O2S. The van der Waals surface area contributed by atoms with Gasteiger partial charge in [0.1, 0.15) is 16.4 Å². The van der Waals surface area contributed by atoms with Gasteiger partial charge >= 0.3 is 5.63 Å². The van der Waals surface area contributed by atoms with Gasteiger partial charge in [0.05, 0.1) is 22.3 Å². The third-order valence-corrected chi connectivity index (χ3v) is 6.47. The average Bonchev–Trinajstić information content (AvgIpc) is 3.43. The molecule has 2 aromatic heterocycles. The fourth-order valence-electron chi connectivity index (χ4n) is 3.81. The maximum Gasteiger partial charge on any atom is 0.346 e. The first-order valence-electron chi connectivity index (χ1n) is 10.2. The molecule has 0 bridgehead atoms. The van der Waals surface area contributed by atoms with Crippen LogP contribution in [0.3, 0.4) is 0 Å². The van der Waals surface area contributed by atoms with Crippen molar-refractivity contribution in [2.75, 3.05) is 31.1 Å². The molecule has 4 aromatic rings. The monoisotopic (exact) mass is 454 g/mol. The Kier molecular flexibility index (Phi) is 5.98. The van der Waals surface area contributed by atoms with E-state index in [-0.39, 0.29) is 18.0 Å². The highest BCUT2D eigenvalue weighted by molar-refractivity contribution is 7.21. The number of rotatable bonds is 5. The fraction of sp³-hybridized carbons (Fsp3) is 0.261. The van der Waals surface area contributed by atoms with E-state index < -0.39 is 0 Å². The van der Waals surface area contributed by atoms with Gasteiger partial charge in [-0.25, -0.2) is 9.78 Å². The third kappa shape index (κ3) is 3.91. The molecule has 0 saturated heterocycles. The lowest BCUT2D eigenvalue weighted by Gasteiger charge is -2.20. The van der Waals surface area contributed by atoms with Gasteiger partial charge in [-0.3, -0.25) is 4.99 Å². The van der Waals surface area contributed by atoms with E-state index >= 15 is 0 Å². The van der Waals surface area contributed by atoms with Gasteiger partial charge in [0.2, 0.25) is 0 Å². The van der Waals surface area contributed by atoms with E-state index in [1.54, 1.807) is 0 Å². The molecule has 1 aliphatic rings. The van der Waals surface area contributed by atoms with Crippen LogP contribution in [0.1, 0.15) is 19.4 Å². The van der Waals surface area contributed by atoms with Crippen molar-refractivity contribution in [3.63, 3.8) is 0 Å². The highest BCUT2D eigenvalue weighted by atomic mass is 35.5. The zero-order valence-electron chi connectivity index (χ0n) is 17.3. The van der Waals surface area contributed by atoms with Gasteiger partial charge in [-0.2, -0.15) is 0 Å². The van der Waals surface area contributed by atoms with Crippen LogP contribution in [0.2, 0.25) is 0 Å². The Morgan fingerprint density at radius 2 is 1.97 bits per heavy atom. The summed E-state index contributed by atoms with van der Waals surface area (Å²) < 4.78 is 6.71. The lowest BCUT2D eigenvalue weighted by molar-refractivity contribution is 0.563. The summed E-state index contributed by atoms with van der Waals surface area (Å²) >= 11 is 1.50. The van der Waals surface area contributed by atoms with Crippen molar-refractivity contribution in [2.24, 2.45) is 4.99 Å². The van der Waals surface area contributed by atoms with Gasteiger partial charge in [0, 0.05) is 42.3 Å². The van der Waals surface area contributed by atoms with Gasteiger partial charge < -0.3 is 14.6 Å². The number of hydrogen-bond acceptors (Lipinski definition) is 7.